The third-order valence-electron chi connectivity index (χ3n) is 3.38. The van der Waals surface area contributed by atoms with Crippen molar-refractivity contribution < 1.29 is 4.63 Å². The molecule has 102 valence electrons. The predicted octanol–water partition coefficient (Wildman–Crippen LogP) is 3.19. The molecule has 1 heterocycles. The van der Waals surface area contributed by atoms with Crippen LogP contribution in [-0.4, -0.2) is 17.4 Å². The summed E-state index contributed by atoms with van der Waals surface area (Å²) in [7, 11) is 1.99. The van der Waals surface area contributed by atoms with Gasteiger partial charge in [0.1, 0.15) is 0 Å². The van der Waals surface area contributed by atoms with Gasteiger partial charge in [-0.3, -0.25) is 0 Å². The summed E-state index contributed by atoms with van der Waals surface area (Å²) in [6, 6.07) is 10.2. The lowest BCUT2D eigenvalue weighted by atomic mass is 10.1. The second-order valence-electron chi connectivity index (χ2n) is 5.04. The minimum atomic E-state index is 0.568. The van der Waals surface area contributed by atoms with Crippen LogP contribution in [0, 0.1) is 13.8 Å². The molecule has 5 nitrogen and oxygen atoms in total. The molecule has 0 saturated heterocycles. The Morgan fingerprint density at radius 1 is 1.00 bits per heavy atom. The van der Waals surface area contributed by atoms with Crippen molar-refractivity contribution in [1.82, 2.24) is 10.3 Å². The van der Waals surface area contributed by atoms with Crippen molar-refractivity contribution in [2.45, 2.75) is 13.8 Å². The molecule has 20 heavy (non-hydrogen) atoms. The predicted molar refractivity (Wildman–Crippen MR) is 80.2 cm³/mol. The number of anilines is 3. The fourth-order valence-corrected chi connectivity index (χ4v) is 2.43. The molecule has 3 aromatic rings. The topological polar surface area (TPSA) is 68.2 Å². The molecule has 2 N–H and O–H groups in total. The van der Waals surface area contributed by atoms with Crippen molar-refractivity contribution in [2.75, 3.05) is 17.7 Å². The molecule has 5 heteroatoms. The van der Waals surface area contributed by atoms with Gasteiger partial charge in [0.05, 0.1) is 11.4 Å². The van der Waals surface area contributed by atoms with Gasteiger partial charge < -0.3 is 10.6 Å². The molecule has 2 aromatic carbocycles. The molecular weight excluding hydrogens is 252 g/mol. The zero-order valence-corrected chi connectivity index (χ0v) is 11.7. The molecule has 0 amide bonds. The van der Waals surface area contributed by atoms with Gasteiger partial charge in [-0.1, -0.05) is 6.07 Å². The van der Waals surface area contributed by atoms with Crippen LogP contribution in [0.25, 0.3) is 11.0 Å². The fourth-order valence-electron chi connectivity index (χ4n) is 2.43. The summed E-state index contributed by atoms with van der Waals surface area (Å²) in [6.07, 6.45) is 0. The third kappa shape index (κ3) is 1.97. The lowest BCUT2D eigenvalue weighted by Gasteiger charge is -2.20. The van der Waals surface area contributed by atoms with Crippen LogP contribution in [-0.2, 0) is 0 Å². The quantitative estimate of drug-likeness (QED) is 0.723. The summed E-state index contributed by atoms with van der Waals surface area (Å²) in [5.41, 5.74) is 12.2. The zero-order chi connectivity index (χ0) is 14.3. The largest absolute Gasteiger partial charge is 0.397 e. The minimum absolute atomic E-state index is 0.568. The highest BCUT2D eigenvalue weighted by Gasteiger charge is 2.14. The normalized spacial score (nSPS) is 10.9. The van der Waals surface area contributed by atoms with E-state index in [9.17, 15) is 0 Å². The van der Waals surface area contributed by atoms with Crippen LogP contribution in [0.2, 0.25) is 0 Å². The van der Waals surface area contributed by atoms with Gasteiger partial charge in [0.25, 0.3) is 0 Å². The molecule has 0 aliphatic rings. The first kappa shape index (κ1) is 12.5. The summed E-state index contributed by atoms with van der Waals surface area (Å²) in [5, 5.41) is 7.82. The lowest BCUT2D eigenvalue weighted by Crippen LogP contribution is -2.10. The van der Waals surface area contributed by atoms with Crippen LogP contribution in [0.4, 0.5) is 17.1 Å². The van der Waals surface area contributed by atoms with Gasteiger partial charge in [0.2, 0.25) is 0 Å². The van der Waals surface area contributed by atoms with Gasteiger partial charge in [-0.15, -0.1) is 0 Å². The van der Waals surface area contributed by atoms with E-state index in [-0.39, 0.29) is 0 Å². The van der Waals surface area contributed by atoms with E-state index in [1.54, 1.807) is 0 Å². The van der Waals surface area contributed by atoms with Crippen molar-refractivity contribution in [3.8, 4) is 0 Å². The Kier molecular flexibility index (Phi) is 2.82. The van der Waals surface area contributed by atoms with Crippen LogP contribution in [0.1, 0.15) is 11.1 Å². The number of nitrogens with two attached hydrogens (primary N) is 1. The number of rotatable bonds is 2. The number of benzene rings is 2. The van der Waals surface area contributed by atoms with E-state index < -0.39 is 0 Å². The molecule has 1 aromatic heterocycles. The molecule has 0 atom stereocenters. The Labute approximate surface area is 117 Å². The molecule has 0 aliphatic carbocycles. The lowest BCUT2D eigenvalue weighted by molar-refractivity contribution is 0.315. The molecule has 3 rings (SSSR count). The Hall–Kier alpha value is -2.56. The molecule has 0 radical (unpaired) electrons. The van der Waals surface area contributed by atoms with Crippen molar-refractivity contribution >= 4 is 28.1 Å². The van der Waals surface area contributed by atoms with E-state index in [2.05, 4.69) is 47.3 Å². The number of nitrogens with zero attached hydrogens (tertiary/aromatic N) is 3. The van der Waals surface area contributed by atoms with Crippen molar-refractivity contribution in [2.24, 2.45) is 0 Å². The molecule has 0 aliphatic heterocycles. The molecule has 0 bridgehead atoms. The minimum Gasteiger partial charge on any atom is -0.397 e. The van der Waals surface area contributed by atoms with Gasteiger partial charge in [0.15, 0.2) is 11.0 Å². The molecule has 0 fully saturated rings. The highest BCUT2D eigenvalue weighted by atomic mass is 16.6. The van der Waals surface area contributed by atoms with Crippen LogP contribution < -0.4 is 10.6 Å². The van der Waals surface area contributed by atoms with Crippen molar-refractivity contribution in [1.29, 1.82) is 0 Å². The highest BCUT2D eigenvalue weighted by molar-refractivity contribution is 5.96. The van der Waals surface area contributed by atoms with Crippen molar-refractivity contribution in [3.05, 3.63) is 41.5 Å². The number of aryl methyl sites for hydroxylation is 2. The second-order valence-corrected chi connectivity index (χ2v) is 5.04. The van der Waals surface area contributed by atoms with E-state index in [1.807, 2.05) is 19.2 Å². The maximum atomic E-state index is 5.88. The molecule has 0 saturated carbocycles. The summed E-state index contributed by atoms with van der Waals surface area (Å²) in [5.74, 6) is 0. The average molecular weight is 268 g/mol. The van der Waals surface area contributed by atoms with Crippen LogP contribution in [0.3, 0.4) is 0 Å². The number of aromatic nitrogens is 2. The average Bonchev–Trinajstić information content (AvgIpc) is 2.87. The number of hydrogen-bond acceptors (Lipinski definition) is 5. The molecule has 0 unspecified atom stereocenters. The van der Waals surface area contributed by atoms with E-state index in [0.29, 0.717) is 16.7 Å². The Bertz CT molecular complexity index is 758. The van der Waals surface area contributed by atoms with E-state index >= 15 is 0 Å². The summed E-state index contributed by atoms with van der Waals surface area (Å²) in [6.45, 7) is 4.17. The number of fused-ring (bicyclic) bond motifs is 1. The van der Waals surface area contributed by atoms with Crippen LogP contribution in [0.5, 0.6) is 0 Å². The monoisotopic (exact) mass is 268 g/mol. The SMILES string of the molecule is Cc1cc(C)cc(N(C)c2ccc(N)c3nonc23)c1. The second kappa shape index (κ2) is 4.52. The Morgan fingerprint density at radius 2 is 1.65 bits per heavy atom. The standard InChI is InChI=1S/C15H16N4O/c1-9-6-10(2)8-11(7-9)19(3)13-5-4-12(16)14-15(13)18-20-17-14/h4-8H,16H2,1-3H3. The fraction of sp³-hybridized carbons (Fsp3) is 0.200. The van der Waals surface area contributed by atoms with E-state index in [1.165, 1.54) is 11.1 Å². The van der Waals surface area contributed by atoms with Gasteiger partial charge in [-0.2, -0.15) is 0 Å². The first-order valence-corrected chi connectivity index (χ1v) is 6.39. The maximum absolute atomic E-state index is 5.88. The smallest absolute Gasteiger partial charge is 0.160 e. The molecular formula is C15H16N4O. The third-order valence-corrected chi connectivity index (χ3v) is 3.38. The summed E-state index contributed by atoms with van der Waals surface area (Å²) in [4.78, 5) is 2.06. The molecule has 0 spiro atoms. The Morgan fingerprint density at radius 3 is 2.35 bits per heavy atom. The van der Waals surface area contributed by atoms with Crippen molar-refractivity contribution in [3.63, 3.8) is 0 Å². The number of nitrogen functional groups attached to an aromatic ring is 1. The van der Waals surface area contributed by atoms with Gasteiger partial charge >= 0.3 is 0 Å². The van der Waals surface area contributed by atoms with Gasteiger partial charge in [-0.05, 0) is 59.6 Å². The van der Waals surface area contributed by atoms with Gasteiger partial charge in [0, 0.05) is 12.7 Å². The van der Waals surface area contributed by atoms with E-state index in [4.69, 9.17) is 10.4 Å². The first-order chi connectivity index (χ1) is 9.56. The van der Waals surface area contributed by atoms with Crippen LogP contribution >= 0.6 is 0 Å². The summed E-state index contributed by atoms with van der Waals surface area (Å²) >= 11 is 0. The number of hydrogen-bond donors (Lipinski definition) is 1. The van der Waals surface area contributed by atoms with E-state index in [0.717, 1.165) is 11.4 Å². The zero-order valence-electron chi connectivity index (χ0n) is 11.7. The highest BCUT2D eigenvalue weighted by Crippen LogP contribution is 2.32. The first-order valence-electron chi connectivity index (χ1n) is 6.39. The van der Waals surface area contributed by atoms with Crippen LogP contribution in [0.15, 0.2) is 35.0 Å². The summed E-state index contributed by atoms with van der Waals surface area (Å²) < 4.78 is 4.81. The van der Waals surface area contributed by atoms with Gasteiger partial charge in [-0.25, -0.2) is 4.63 Å². The Balaban J connectivity index is 2.15. The maximum Gasteiger partial charge on any atom is 0.160 e.